The number of alkyl halides is 1. The molecule has 0 aliphatic rings. The second-order valence-corrected chi connectivity index (χ2v) is 3.40. The molecule has 2 nitrogen and oxygen atoms in total. The Balaban J connectivity index is 3.11. The van der Waals surface area contributed by atoms with E-state index in [1.165, 1.54) is 0 Å². The van der Waals surface area contributed by atoms with E-state index in [4.69, 9.17) is 11.6 Å². The van der Waals surface area contributed by atoms with Crippen molar-refractivity contribution in [3.63, 3.8) is 0 Å². The first-order chi connectivity index (χ1) is 6.93. The number of ketones is 2. The Kier molecular flexibility index (Phi) is 3.52. The van der Waals surface area contributed by atoms with Gasteiger partial charge in [-0.1, -0.05) is 0 Å². The Morgan fingerprint density at radius 3 is 2.47 bits per heavy atom. The van der Waals surface area contributed by atoms with E-state index in [1.54, 1.807) is 0 Å². The average Bonchev–Trinajstić information content (AvgIpc) is 2.19. The van der Waals surface area contributed by atoms with Crippen molar-refractivity contribution < 1.29 is 18.4 Å². The zero-order chi connectivity index (χ0) is 11.6. The van der Waals surface area contributed by atoms with Crippen molar-refractivity contribution in [2.45, 2.75) is 12.3 Å². The van der Waals surface area contributed by atoms with Gasteiger partial charge < -0.3 is 0 Å². The van der Waals surface area contributed by atoms with Gasteiger partial charge in [-0.25, -0.2) is 8.78 Å². The lowest BCUT2D eigenvalue weighted by Gasteiger charge is -2.05. The van der Waals surface area contributed by atoms with Crippen molar-refractivity contribution in [1.29, 1.82) is 0 Å². The first kappa shape index (κ1) is 11.8. The van der Waals surface area contributed by atoms with Crippen molar-refractivity contribution in [3.8, 4) is 0 Å². The van der Waals surface area contributed by atoms with Crippen LogP contribution in [0.4, 0.5) is 8.78 Å². The first-order valence-electron chi connectivity index (χ1n) is 4.07. The maximum atomic E-state index is 13.1. The molecule has 0 fully saturated rings. The van der Waals surface area contributed by atoms with E-state index in [9.17, 15) is 18.4 Å². The Hall–Kier alpha value is -1.29. The number of benzene rings is 1. The van der Waals surface area contributed by atoms with Gasteiger partial charge in [0.15, 0.2) is 16.9 Å². The number of hydrogen-bond acceptors (Lipinski definition) is 2. The van der Waals surface area contributed by atoms with E-state index in [-0.39, 0.29) is 0 Å². The summed E-state index contributed by atoms with van der Waals surface area (Å²) in [4.78, 5) is 22.2. The molecule has 0 aliphatic carbocycles. The molecule has 15 heavy (non-hydrogen) atoms. The quantitative estimate of drug-likeness (QED) is 0.455. The fourth-order valence-corrected chi connectivity index (χ4v) is 1.13. The molecule has 0 aromatic heterocycles. The smallest absolute Gasteiger partial charge is 0.191 e. The number of carbonyl (C=O) groups is 2. The summed E-state index contributed by atoms with van der Waals surface area (Å²) in [5.41, 5.74) is -0.509. The molecule has 0 aliphatic heterocycles. The summed E-state index contributed by atoms with van der Waals surface area (Å²) < 4.78 is 25.8. The van der Waals surface area contributed by atoms with Crippen molar-refractivity contribution in [2.24, 2.45) is 0 Å². The Labute approximate surface area is 89.8 Å². The fourth-order valence-electron chi connectivity index (χ4n) is 1.01. The highest BCUT2D eigenvalue weighted by Crippen LogP contribution is 2.15. The lowest BCUT2D eigenvalue weighted by atomic mass is 10.1. The van der Waals surface area contributed by atoms with Crippen LogP contribution in [0.1, 0.15) is 17.3 Å². The molecule has 0 radical (unpaired) electrons. The van der Waals surface area contributed by atoms with Crippen molar-refractivity contribution >= 4 is 23.2 Å². The normalized spacial score (nSPS) is 12.3. The number of hydrogen-bond donors (Lipinski definition) is 0. The summed E-state index contributed by atoms with van der Waals surface area (Å²) in [5, 5.41) is -1.47. The van der Waals surface area contributed by atoms with Gasteiger partial charge in [-0.2, -0.15) is 0 Å². The molecule has 0 amide bonds. The third-order valence-corrected chi connectivity index (χ3v) is 2.29. The molecule has 1 aromatic rings. The van der Waals surface area contributed by atoms with Gasteiger partial charge in [-0.05, 0) is 25.1 Å². The summed E-state index contributed by atoms with van der Waals surface area (Å²) in [6.45, 7) is 1.10. The zero-order valence-corrected chi connectivity index (χ0v) is 8.52. The van der Waals surface area contributed by atoms with Gasteiger partial charge in [0.25, 0.3) is 0 Å². The predicted molar refractivity (Wildman–Crippen MR) is 51.0 cm³/mol. The number of halogens is 3. The van der Waals surface area contributed by atoms with Crippen molar-refractivity contribution in [1.82, 2.24) is 0 Å². The van der Waals surface area contributed by atoms with Crippen LogP contribution in [0.5, 0.6) is 0 Å². The molecule has 1 unspecified atom stereocenters. The number of carbonyl (C=O) groups excluding carboxylic acids is 2. The molecule has 80 valence electrons. The third kappa shape index (κ3) is 2.59. The maximum Gasteiger partial charge on any atom is 0.191 e. The molecule has 0 saturated carbocycles. The van der Waals surface area contributed by atoms with E-state index >= 15 is 0 Å². The van der Waals surface area contributed by atoms with Crippen molar-refractivity contribution in [2.75, 3.05) is 0 Å². The summed E-state index contributed by atoms with van der Waals surface area (Å²) in [5.74, 6) is -3.19. The summed E-state index contributed by atoms with van der Waals surface area (Å²) in [6, 6.07) is 2.41. The highest BCUT2D eigenvalue weighted by atomic mass is 35.5. The third-order valence-electron chi connectivity index (χ3n) is 1.78. The van der Waals surface area contributed by atoms with Gasteiger partial charge in [-0.3, -0.25) is 9.59 Å². The molecule has 1 rings (SSSR count). The van der Waals surface area contributed by atoms with Gasteiger partial charge >= 0.3 is 0 Å². The van der Waals surface area contributed by atoms with Crippen LogP contribution in [0.25, 0.3) is 0 Å². The van der Waals surface area contributed by atoms with Crippen LogP contribution in [-0.4, -0.2) is 16.9 Å². The number of rotatable bonds is 3. The highest BCUT2D eigenvalue weighted by molar-refractivity contribution is 6.44. The van der Waals surface area contributed by atoms with E-state index in [1.807, 2.05) is 0 Å². The van der Waals surface area contributed by atoms with Gasteiger partial charge in [0.05, 0.1) is 5.56 Å². The van der Waals surface area contributed by atoms with Gasteiger partial charge in [0, 0.05) is 0 Å². The first-order valence-corrected chi connectivity index (χ1v) is 4.51. The minimum Gasteiger partial charge on any atom is -0.298 e. The Morgan fingerprint density at radius 1 is 1.33 bits per heavy atom. The lowest BCUT2D eigenvalue weighted by molar-refractivity contribution is -0.115. The van der Waals surface area contributed by atoms with Crippen LogP contribution in [-0.2, 0) is 4.79 Å². The van der Waals surface area contributed by atoms with Crippen LogP contribution in [0, 0.1) is 11.6 Å². The van der Waals surface area contributed by atoms with E-state index in [0.29, 0.717) is 0 Å². The Morgan fingerprint density at radius 2 is 1.93 bits per heavy atom. The molecule has 0 N–H and O–H groups in total. The van der Waals surface area contributed by atoms with Crippen molar-refractivity contribution in [3.05, 3.63) is 35.4 Å². The molecule has 0 saturated heterocycles. The largest absolute Gasteiger partial charge is 0.298 e. The average molecular weight is 233 g/mol. The van der Waals surface area contributed by atoms with E-state index in [0.717, 1.165) is 25.1 Å². The predicted octanol–water partition coefficient (Wildman–Crippen LogP) is 2.34. The van der Waals surface area contributed by atoms with Crippen LogP contribution < -0.4 is 0 Å². The minimum atomic E-state index is -1.47. The zero-order valence-electron chi connectivity index (χ0n) is 7.76. The fraction of sp³-hybridized carbons (Fsp3) is 0.200. The van der Waals surface area contributed by atoms with E-state index < -0.39 is 34.1 Å². The summed E-state index contributed by atoms with van der Waals surface area (Å²) >= 11 is 5.44. The molecular weight excluding hydrogens is 226 g/mol. The SMILES string of the molecule is CC(=O)C(Cl)C(=O)c1cc(F)ccc1F. The topological polar surface area (TPSA) is 34.1 Å². The summed E-state index contributed by atoms with van der Waals surface area (Å²) in [7, 11) is 0. The monoisotopic (exact) mass is 232 g/mol. The second-order valence-electron chi connectivity index (χ2n) is 2.96. The van der Waals surface area contributed by atoms with E-state index in [2.05, 4.69) is 0 Å². The standard InChI is InChI=1S/C10H7ClF2O2/c1-5(14)9(11)10(15)7-4-6(12)2-3-8(7)13/h2-4,9H,1H3. The lowest BCUT2D eigenvalue weighted by Crippen LogP contribution is -2.23. The maximum absolute atomic E-state index is 13.1. The van der Waals surface area contributed by atoms with Gasteiger partial charge in [-0.15, -0.1) is 11.6 Å². The van der Waals surface area contributed by atoms with Crippen LogP contribution in [0.3, 0.4) is 0 Å². The number of Topliss-reactive ketones (excluding diaryl/α,β-unsaturated/α-hetero) is 2. The second kappa shape index (κ2) is 4.49. The molecule has 0 spiro atoms. The Bertz CT molecular complexity index is 418. The van der Waals surface area contributed by atoms with Gasteiger partial charge in [0.1, 0.15) is 11.6 Å². The van der Waals surface area contributed by atoms with Crippen LogP contribution in [0.2, 0.25) is 0 Å². The molecular formula is C10H7ClF2O2. The van der Waals surface area contributed by atoms with Crippen LogP contribution in [0.15, 0.2) is 18.2 Å². The van der Waals surface area contributed by atoms with Crippen LogP contribution >= 0.6 is 11.6 Å². The molecule has 1 atom stereocenters. The van der Waals surface area contributed by atoms with Gasteiger partial charge in [0.2, 0.25) is 0 Å². The molecule has 1 aromatic carbocycles. The highest BCUT2D eigenvalue weighted by Gasteiger charge is 2.24. The molecule has 5 heteroatoms. The summed E-state index contributed by atoms with van der Waals surface area (Å²) in [6.07, 6.45) is 0. The molecule has 0 heterocycles. The molecule has 0 bridgehead atoms. The minimum absolute atomic E-state index is 0.509.